The van der Waals surface area contributed by atoms with Gasteiger partial charge in [0.2, 0.25) is 5.91 Å². The third-order valence-corrected chi connectivity index (χ3v) is 5.24. The van der Waals surface area contributed by atoms with Crippen molar-refractivity contribution in [1.29, 1.82) is 0 Å². The van der Waals surface area contributed by atoms with Crippen molar-refractivity contribution in [2.24, 2.45) is 5.92 Å². The molecule has 0 N–H and O–H groups in total. The molecule has 2 fully saturated rings. The molecule has 0 radical (unpaired) electrons. The molecule has 1 aliphatic carbocycles. The summed E-state index contributed by atoms with van der Waals surface area (Å²) < 4.78 is 15.6. The molecule has 2 aliphatic rings. The largest absolute Gasteiger partial charge is 0.382 e. The smallest absolute Gasteiger partial charge is 0.252 e. The van der Waals surface area contributed by atoms with Gasteiger partial charge < -0.3 is 18.9 Å². The predicted octanol–water partition coefficient (Wildman–Crippen LogP) is 2.52. The summed E-state index contributed by atoms with van der Waals surface area (Å²) in [6.45, 7) is 2.84. The van der Waals surface area contributed by atoms with Crippen LogP contribution in [0.5, 0.6) is 0 Å². The normalized spacial score (nSPS) is 21.8. The molecule has 7 heteroatoms. The summed E-state index contributed by atoms with van der Waals surface area (Å²) >= 11 is 0. The monoisotopic (exact) mass is 351 g/mol. The number of ether oxygens (including phenoxy) is 2. The average molecular weight is 351 g/mol. The molecule has 1 unspecified atom stereocenters. The van der Waals surface area contributed by atoms with Gasteiger partial charge in [0, 0.05) is 32.5 Å². The molecule has 0 bridgehead atoms. The number of hydrogen-bond acceptors (Lipinski definition) is 6. The van der Waals surface area contributed by atoms with Crippen LogP contribution in [0.15, 0.2) is 4.52 Å². The quantitative estimate of drug-likeness (QED) is 0.670. The van der Waals surface area contributed by atoms with Gasteiger partial charge in [0.05, 0.1) is 13.2 Å². The van der Waals surface area contributed by atoms with Gasteiger partial charge in [0.25, 0.3) is 5.89 Å². The number of methoxy groups -OCH3 is 1. The average Bonchev–Trinajstić information content (AvgIpc) is 3.29. The van der Waals surface area contributed by atoms with E-state index in [9.17, 15) is 4.79 Å². The first kappa shape index (κ1) is 18.3. The Bertz CT molecular complexity index is 542. The lowest BCUT2D eigenvalue weighted by molar-refractivity contribution is -0.131. The second-order valence-electron chi connectivity index (χ2n) is 7.13. The molecule has 3 rings (SSSR count). The minimum atomic E-state index is 0.173. The first-order valence-electron chi connectivity index (χ1n) is 9.43. The Morgan fingerprint density at radius 3 is 2.88 bits per heavy atom. The SMILES string of the molecule is COCCOCc1nc(C2CCN(C(=O)CC3CCCCC3)C2)no1. The third-order valence-electron chi connectivity index (χ3n) is 5.24. The van der Waals surface area contributed by atoms with Crippen LogP contribution in [0.2, 0.25) is 0 Å². The summed E-state index contributed by atoms with van der Waals surface area (Å²) in [5.74, 6) is 2.23. The lowest BCUT2D eigenvalue weighted by Crippen LogP contribution is -2.30. The lowest BCUT2D eigenvalue weighted by Gasteiger charge is -2.24. The van der Waals surface area contributed by atoms with Gasteiger partial charge in [-0.2, -0.15) is 4.98 Å². The predicted molar refractivity (Wildman–Crippen MR) is 91.0 cm³/mol. The molecule has 2 heterocycles. The van der Waals surface area contributed by atoms with Gasteiger partial charge >= 0.3 is 0 Å². The lowest BCUT2D eigenvalue weighted by atomic mass is 9.87. The second-order valence-corrected chi connectivity index (χ2v) is 7.13. The van der Waals surface area contributed by atoms with E-state index in [4.69, 9.17) is 14.0 Å². The van der Waals surface area contributed by atoms with Crippen molar-refractivity contribution in [3.63, 3.8) is 0 Å². The maximum absolute atomic E-state index is 12.5. The Balaban J connectivity index is 1.44. The van der Waals surface area contributed by atoms with Crippen LogP contribution in [-0.4, -0.2) is 54.4 Å². The molecular formula is C18H29N3O4. The fraction of sp³-hybridized carbons (Fsp3) is 0.833. The Labute approximate surface area is 149 Å². The van der Waals surface area contributed by atoms with Crippen LogP contribution in [0.25, 0.3) is 0 Å². The number of carbonyl (C=O) groups excluding carboxylic acids is 1. The van der Waals surface area contributed by atoms with E-state index in [0.717, 1.165) is 13.0 Å². The van der Waals surface area contributed by atoms with E-state index in [1.165, 1.54) is 32.1 Å². The van der Waals surface area contributed by atoms with Crippen LogP contribution in [0, 0.1) is 5.92 Å². The van der Waals surface area contributed by atoms with Crippen molar-refractivity contribution in [2.75, 3.05) is 33.4 Å². The molecule has 0 aromatic carbocycles. The summed E-state index contributed by atoms with van der Waals surface area (Å²) in [6, 6.07) is 0. The van der Waals surface area contributed by atoms with Gasteiger partial charge in [-0.25, -0.2) is 0 Å². The van der Waals surface area contributed by atoms with E-state index in [1.807, 2.05) is 4.90 Å². The Morgan fingerprint density at radius 2 is 2.08 bits per heavy atom. The summed E-state index contributed by atoms with van der Waals surface area (Å²) in [5.41, 5.74) is 0. The third kappa shape index (κ3) is 5.25. The topological polar surface area (TPSA) is 77.7 Å². The maximum atomic E-state index is 12.5. The molecule has 1 saturated heterocycles. The van der Waals surface area contributed by atoms with E-state index in [1.54, 1.807) is 7.11 Å². The van der Waals surface area contributed by atoms with E-state index in [0.29, 0.717) is 56.3 Å². The molecule has 1 atom stereocenters. The van der Waals surface area contributed by atoms with Crippen LogP contribution in [0.1, 0.15) is 62.6 Å². The first-order valence-corrected chi connectivity index (χ1v) is 9.43. The summed E-state index contributed by atoms with van der Waals surface area (Å²) in [6.07, 6.45) is 7.90. The number of likely N-dealkylation sites (tertiary alicyclic amines) is 1. The van der Waals surface area contributed by atoms with E-state index in [-0.39, 0.29) is 5.92 Å². The van der Waals surface area contributed by atoms with Crippen molar-refractivity contribution in [1.82, 2.24) is 15.0 Å². The zero-order chi connectivity index (χ0) is 17.5. The molecule has 25 heavy (non-hydrogen) atoms. The fourth-order valence-corrected chi connectivity index (χ4v) is 3.76. The van der Waals surface area contributed by atoms with Gasteiger partial charge in [-0.1, -0.05) is 24.4 Å². The molecule has 7 nitrogen and oxygen atoms in total. The number of amides is 1. The summed E-state index contributed by atoms with van der Waals surface area (Å²) in [7, 11) is 1.63. The molecule has 140 valence electrons. The molecule has 1 aromatic rings. The highest BCUT2D eigenvalue weighted by Crippen LogP contribution is 2.30. The molecular weight excluding hydrogens is 322 g/mol. The van der Waals surface area contributed by atoms with Crippen LogP contribution in [0.3, 0.4) is 0 Å². The standard InChI is InChI=1S/C18H29N3O4/c1-23-9-10-24-13-16-19-18(20-25-16)15-7-8-21(12-15)17(22)11-14-5-3-2-4-6-14/h14-15H,2-13H2,1H3. The van der Waals surface area contributed by atoms with Crippen molar-refractivity contribution in [3.8, 4) is 0 Å². The van der Waals surface area contributed by atoms with Crippen molar-refractivity contribution in [3.05, 3.63) is 11.7 Å². The highest BCUT2D eigenvalue weighted by Gasteiger charge is 2.31. The first-order chi connectivity index (χ1) is 12.3. The second kappa shape index (κ2) is 9.29. The summed E-state index contributed by atoms with van der Waals surface area (Å²) in [5, 5.41) is 4.07. The van der Waals surface area contributed by atoms with E-state index >= 15 is 0 Å². The Morgan fingerprint density at radius 1 is 1.24 bits per heavy atom. The van der Waals surface area contributed by atoms with Gasteiger partial charge in [-0.3, -0.25) is 4.79 Å². The summed E-state index contributed by atoms with van der Waals surface area (Å²) in [4.78, 5) is 18.9. The van der Waals surface area contributed by atoms with Gasteiger partial charge in [0.15, 0.2) is 5.82 Å². The Hall–Kier alpha value is -1.47. The van der Waals surface area contributed by atoms with Crippen molar-refractivity contribution < 1.29 is 18.8 Å². The van der Waals surface area contributed by atoms with Crippen LogP contribution < -0.4 is 0 Å². The van der Waals surface area contributed by atoms with Crippen molar-refractivity contribution >= 4 is 5.91 Å². The van der Waals surface area contributed by atoms with Gasteiger partial charge in [-0.05, 0) is 25.2 Å². The Kier molecular flexibility index (Phi) is 6.81. The number of rotatable bonds is 8. The minimum Gasteiger partial charge on any atom is -0.382 e. The van der Waals surface area contributed by atoms with E-state index in [2.05, 4.69) is 10.1 Å². The fourth-order valence-electron chi connectivity index (χ4n) is 3.76. The highest BCUT2D eigenvalue weighted by atomic mass is 16.5. The maximum Gasteiger partial charge on any atom is 0.252 e. The number of hydrogen-bond donors (Lipinski definition) is 0. The minimum absolute atomic E-state index is 0.173. The van der Waals surface area contributed by atoms with Crippen LogP contribution in [0.4, 0.5) is 0 Å². The molecule has 0 spiro atoms. The van der Waals surface area contributed by atoms with Gasteiger partial charge in [0.1, 0.15) is 6.61 Å². The van der Waals surface area contributed by atoms with Crippen molar-refractivity contribution in [2.45, 2.75) is 57.5 Å². The molecule has 1 amide bonds. The molecule has 1 saturated carbocycles. The van der Waals surface area contributed by atoms with Crippen LogP contribution in [-0.2, 0) is 20.9 Å². The van der Waals surface area contributed by atoms with Gasteiger partial charge in [-0.15, -0.1) is 0 Å². The number of aromatic nitrogens is 2. The zero-order valence-corrected chi connectivity index (χ0v) is 15.1. The number of carbonyl (C=O) groups is 1. The van der Waals surface area contributed by atoms with Crippen LogP contribution >= 0.6 is 0 Å². The highest BCUT2D eigenvalue weighted by molar-refractivity contribution is 5.76. The van der Waals surface area contributed by atoms with E-state index < -0.39 is 0 Å². The zero-order valence-electron chi connectivity index (χ0n) is 15.1. The number of nitrogens with zero attached hydrogens (tertiary/aromatic N) is 3. The molecule has 1 aliphatic heterocycles. The molecule has 1 aromatic heterocycles.